The topological polar surface area (TPSA) is 82.6 Å². The van der Waals surface area contributed by atoms with E-state index in [9.17, 15) is 9.59 Å². The van der Waals surface area contributed by atoms with Crippen LogP contribution in [0.5, 0.6) is 0 Å². The minimum atomic E-state index is -0.498. The van der Waals surface area contributed by atoms with Gasteiger partial charge >= 0.3 is 5.69 Å². The molecule has 0 aliphatic carbocycles. The van der Waals surface area contributed by atoms with Gasteiger partial charge in [-0.25, -0.2) is 4.79 Å². The number of aromatic amines is 1. The number of ether oxygens (including phenoxy) is 3. The van der Waals surface area contributed by atoms with E-state index >= 15 is 0 Å². The second-order valence-electron chi connectivity index (χ2n) is 9.23. The van der Waals surface area contributed by atoms with Crippen LogP contribution in [0.3, 0.4) is 0 Å². The molecule has 9 heteroatoms. The lowest BCUT2D eigenvalue weighted by Gasteiger charge is -2.27. The molecular formula is C30H29BrN2O5S. The number of thioether (sulfide) groups is 1. The minimum Gasteiger partial charge on any atom is -0.376 e. The van der Waals surface area contributed by atoms with E-state index in [4.69, 9.17) is 14.2 Å². The fourth-order valence-electron chi connectivity index (χ4n) is 4.50. The summed E-state index contributed by atoms with van der Waals surface area (Å²) in [5, 5.41) is -0.568. The lowest BCUT2D eigenvalue weighted by Crippen LogP contribution is -2.41. The molecule has 5 rings (SSSR count). The van der Waals surface area contributed by atoms with Gasteiger partial charge in [0.2, 0.25) is 0 Å². The number of hydrogen-bond acceptors (Lipinski definition) is 6. The number of nitrogens with zero attached hydrogens (tertiary/aromatic N) is 1. The van der Waals surface area contributed by atoms with E-state index in [0.29, 0.717) is 26.4 Å². The van der Waals surface area contributed by atoms with E-state index in [0.717, 1.165) is 16.7 Å². The molecule has 202 valence electrons. The van der Waals surface area contributed by atoms with Crippen molar-refractivity contribution in [2.75, 3.05) is 6.61 Å². The van der Waals surface area contributed by atoms with Crippen LogP contribution in [0, 0.1) is 0 Å². The molecule has 1 aliphatic heterocycles. The molecule has 0 saturated carbocycles. The van der Waals surface area contributed by atoms with Gasteiger partial charge in [-0.2, -0.15) is 0 Å². The van der Waals surface area contributed by atoms with Crippen molar-refractivity contribution in [1.82, 2.24) is 9.55 Å². The highest BCUT2D eigenvalue weighted by atomic mass is 79.9. The fraction of sp³-hybridized carbons (Fsp3) is 0.267. The Balaban J connectivity index is 1.43. The summed E-state index contributed by atoms with van der Waals surface area (Å²) < 4.78 is 21.0. The molecule has 7 nitrogen and oxygen atoms in total. The average Bonchev–Trinajstić information content (AvgIpc) is 3.31. The van der Waals surface area contributed by atoms with E-state index in [-0.39, 0.29) is 15.8 Å². The number of H-pyrrole nitrogens is 1. The van der Waals surface area contributed by atoms with Crippen LogP contribution >= 0.6 is 27.7 Å². The highest BCUT2D eigenvalue weighted by molar-refractivity contribution is 9.10. The fourth-order valence-corrected chi connectivity index (χ4v) is 6.41. The largest absolute Gasteiger partial charge is 0.376 e. The first kappa shape index (κ1) is 27.6. The van der Waals surface area contributed by atoms with Gasteiger partial charge in [0, 0.05) is 6.20 Å². The standard InChI is InChI=1S/C30H29BrN2O5S/c31-24-16-33(30(35)32-28(24)34)29-27(38-19-23-14-8-3-9-15-23)26(37-18-22-12-6-2-7-13-22)25(39-29)20-36-17-21-10-4-1-5-11-21/h1-16,25-27,29H,17-20H2,(H,32,34,35)/t25-,26-,27+,29-/m0/s1. The van der Waals surface area contributed by atoms with Crippen molar-refractivity contribution in [3.8, 4) is 0 Å². The number of aromatic nitrogens is 2. The highest BCUT2D eigenvalue weighted by Gasteiger charge is 2.47. The number of nitrogens with one attached hydrogen (secondary N) is 1. The molecule has 1 saturated heterocycles. The van der Waals surface area contributed by atoms with Crippen LogP contribution in [0.1, 0.15) is 22.1 Å². The van der Waals surface area contributed by atoms with Crippen LogP contribution in [-0.2, 0) is 34.0 Å². The first-order valence-corrected chi connectivity index (χ1v) is 14.4. The normalized spacial score (nSPS) is 20.7. The molecule has 0 bridgehead atoms. The van der Waals surface area contributed by atoms with Crippen LogP contribution in [0.15, 0.2) is 111 Å². The van der Waals surface area contributed by atoms with Gasteiger partial charge in [-0.15, -0.1) is 11.8 Å². The van der Waals surface area contributed by atoms with E-state index in [2.05, 4.69) is 20.9 Å². The maximum atomic E-state index is 12.9. The predicted molar refractivity (Wildman–Crippen MR) is 156 cm³/mol. The van der Waals surface area contributed by atoms with Crippen molar-refractivity contribution >= 4 is 27.7 Å². The van der Waals surface area contributed by atoms with E-state index in [1.165, 1.54) is 10.8 Å². The lowest BCUT2D eigenvalue weighted by atomic mass is 10.1. The summed E-state index contributed by atoms with van der Waals surface area (Å²) in [5.41, 5.74) is 2.17. The van der Waals surface area contributed by atoms with Gasteiger partial charge in [-0.05, 0) is 32.6 Å². The number of halogens is 1. The van der Waals surface area contributed by atoms with Crippen LogP contribution in [0.2, 0.25) is 0 Å². The van der Waals surface area contributed by atoms with Gasteiger partial charge in [0.05, 0.1) is 36.2 Å². The summed E-state index contributed by atoms with van der Waals surface area (Å²) in [6.45, 7) is 1.61. The van der Waals surface area contributed by atoms with Crippen molar-refractivity contribution in [2.45, 2.75) is 42.7 Å². The van der Waals surface area contributed by atoms with E-state index < -0.39 is 22.7 Å². The first-order valence-electron chi connectivity index (χ1n) is 12.7. The Bertz CT molecular complexity index is 1450. The molecule has 1 aromatic heterocycles. The second-order valence-corrected chi connectivity index (χ2v) is 11.4. The van der Waals surface area contributed by atoms with Crippen molar-refractivity contribution in [1.29, 1.82) is 0 Å². The Labute approximate surface area is 239 Å². The zero-order valence-corrected chi connectivity index (χ0v) is 23.6. The van der Waals surface area contributed by atoms with Crippen LogP contribution in [-0.4, -0.2) is 33.6 Å². The number of hydrogen-bond donors (Lipinski definition) is 1. The Hall–Kier alpha value is -2.95. The third-order valence-corrected chi connectivity index (χ3v) is 8.54. The molecule has 1 N–H and O–H groups in total. The van der Waals surface area contributed by atoms with Crippen LogP contribution in [0.4, 0.5) is 0 Å². The maximum Gasteiger partial charge on any atom is 0.329 e. The van der Waals surface area contributed by atoms with Crippen molar-refractivity contribution < 1.29 is 14.2 Å². The number of rotatable bonds is 11. The van der Waals surface area contributed by atoms with Crippen molar-refractivity contribution in [2.24, 2.45) is 0 Å². The second kappa shape index (κ2) is 13.4. The zero-order valence-electron chi connectivity index (χ0n) is 21.2. The molecule has 3 aromatic carbocycles. The molecule has 1 aliphatic rings. The smallest absolute Gasteiger partial charge is 0.329 e. The monoisotopic (exact) mass is 608 g/mol. The molecule has 0 unspecified atom stereocenters. The summed E-state index contributed by atoms with van der Waals surface area (Å²) in [4.78, 5) is 27.4. The molecular weight excluding hydrogens is 580 g/mol. The Morgan fingerprint density at radius 3 is 1.82 bits per heavy atom. The van der Waals surface area contributed by atoms with Crippen LogP contribution in [0.25, 0.3) is 0 Å². The molecule has 0 spiro atoms. The molecule has 4 atom stereocenters. The third kappa shape index (κ3) is 7.17. The SMILES string of the molecule is O=c1[nH]c(=O)n([C@H]2S[C@@H](COCc3ccccc3)[C@H](OCc3ccccc3)[C@H]2OCc2ccccc2)cc1Br. The van der Waals surface area contributed by atoms with Crippen molar-refractivity contribution in [3.05, 3.63) is 139 Å². The van der Waals surface area contributed by atoms with Crippen molar-refractivity contribution in [3.63, 3.8) is 0 Å². The Morgan fingerprint density at radius 1 is 0.744 bits per heavy atom. The van der Waals surface area contributed by atoms with Gasteiger partial charge in [-0.3, -0.25) is 14.3 Å². The zero-order chi connectivity index (χ0) is 27.0. The third-order valence-electron chi connectivity index (χ3n) is 6.45. The van der Waals surface area contributed by atoms with Gasteiger partial charge in [0.15, 0.2) is 0 Å². The molecule has 2 heterocycles. The molecule has 0 amide bonds. The van der Waals surface area contributed by atoms with Crippen LogP contribution < -0.4 is 11.2 Å². The van der Waals surface area contributed by atoms with Gasteiger partial charge in [-0.1, -0.05) is 91.0 Å². The summed E-state index contributed by atoms with van der Waals surface area (Å²) >= 11 is 4.83. The van der Waals surface area contributed by atoms with E-state index in [1.807, 2.05) is 91.0 Å². The molecule has 0 radical (unpaired) electrons. The number of benzene rings is 3. The van der Waals surface area contributed by atoms with Gasteiger partial charge < -0.3 is 14.2 Å². The molecule has 4 aromatic rings. The molecule has 39 heavy (non-hydrogen) atoms. The van der Waals surface area contributed by atoms with Gasteiger partial charge in [0.25, 0.3) is 5.56 Å². The van der Waals surface area contributed by atoms with Gasteiger partial charge in [0.1, 0.15) is 17.6 Å². The maximum absolute atomic E-state index is 12.9. The summed E-state index contributed by atoms with van der Waals surface area (Å²) in [5.74, 6) is 0. The van der Waals surface area contributed by atoms with E-state index in [1.54, 1.807) is 11.8 Å². The lowest BCUT2D eigenvalue weighted by molar-refractivity contribution is -0.0920. The average molecular weight is 610 g/mol. The minimum absolute atomic E-state index is 0.124. The highest BCUT2D eigenvalue weighted by Crippen LogP contribution is 2.45. The Kier molecular flexibility index (Phi) is 9.49. The quantitative estimate of drug-likeness (QED) is 0.249. The summed E-state index contributed by atoms with van der Waals surface area (Å²) in [6.07, 6.45) is 0.663. The summed E-state index contributed by atoms with van der Waals surface area (Å²) in [7, 11) is 0. The first-order chi connectivity index (χ1) is 19.1. The molecule has 1 fully saturated rings. The predicted octanol–water partition coefficient (Wildman–Crippen LogP) is 5.30. The Morgan fingerprint density at radius 2 is 1.26 bits per heavy atom. The summed E-state index contributed by atoms with van der Waals surface area (Å²) in [6, 6.07) is 29.8.